The molecule has 0 aliphatic heterocycles. The molecule has 0 radical (unpaired) electrons. The van der Waals surface area contributed by atoms with Crippen molar-refractivity contribution in [2.75, 3.05) is 0 Å². The van der Waals surface area contributed by atoms with E-state index in [1.54, 1.807) is 0 Å². The highest BCUT2D eigenvalue weighted by Gasteiger charge is 2.05. The average Bonchev–Trinajstić information content (AvgIpc) is 2.44. The van der Waals surface area contributed by atoms with Gasteiger partial charge < -0.3 is 9.36 Å². The van der Waals surface area contributed by atoms with Gasteiger partial charge in [0.25, 0.3) is 0 Å². The van der Waals surface area contributed by atoms with Crippen molar-refractivity contribution in [1.82, 2.24) is 4.57 Å². The van der Waals surface area contributed by atoms with E-state index >= 15 is 0 Å². The summed E-state index contributed by atoms with van der Waals surface area (Å²) in [6, 6.07) is 6.11. The van der Waals surface area contributed by atoms with Crippen LogP contribution in [0.4, 0.5) is 0 Å². The van der Waals surface area contributed by atoms with Crippen molar-refractivity contribution in [3.8, 4) is 0 Å². The average molecular weight is 252 g/mol. The normalized spacial score (nSPS) is 10.7. The first-order valence-electron chi connectivity index (χ1n) is 4.39. The Hall–Kier alpha value is -1.09. The molecule has 0 amide bonds. The number of rotatable bonds is 2. The molecule has 1 aromatic carbocycles. The minimum atomic E-state index is 0.480. The topological polar surface area (TPSA) is 22.0 Å². The van der Waals surface area contributed by atoms with Gasteiger partial charge in [-0.2, -0.15) is 0 Å². The van der Waals surface area contributed by atoms with Gasteiger partial charge in [0.15, 0.2) is 0 Å². The van der Waals surface area contributed by atoms with E-state index in [9.17, 15) is 4.79 Å². The summed E-state index contributed by atoms with van der Waals surface area (Å²) in [5, 5.41) is 1.15. The molecule has 2 rings (SSSR count). The van der Waals surface area contributed by atoms with Crippen LogP contribution in [0.25, 0.3) is 10.9 Å². The van der Waals surface area contributed by atoms with Gasteiger partial charge in [0.1, 0.15) is 6.29 Å². The van der Waals surface area contributed by atoms with Crippen molar-refractivity contribution in [3.63, 3.8) is 0 Å². The van der Waals surface area contributed by atoms with Crippen molar-refractivity contribution in [2.24, 2.45) is 7.05 Å². The molecule has 2 nitrogen and oxygen atoms in total. The SMILES string of the molecule is Cn1cc(CC=O)c2cc(Br)ccc21. The Kier molecular flexibility index (Phi) is 2.42. The second kappa shape index (κ2) is 3.58. The van der Waals surface area contributed by atoms with Crippen LogP contribution < -0.4 is 0 Å². The van der Waals surface area contributed by atoms with Crippen LogP contribution in [0, 0.1) is 0 Å². The summed E-state index contributed by atoms with van der Waals surface area (Å²) in [6.07, 6.45) is 3.43. The fourth-order valence-corrected chi connectivity index (χ4v) is 2.06. The van der Waals surface area contributed by atoms with Gasteiger partial charge >= 0.3 is 0 Å². The molecule has 0 saturated carbocycles. The first-order chi connectivity index (χ1) is 6.72. The number of fused-ring (bicyclic) bond motifs is 1. The number of benzene rings is 1. The number of hydrogen-bond donors (Lipinski definition) is 0. The van der Waals surface area contributed by atoms with Crippen LogP contribution in [0.1, 0.15) is 5.56 Å². The fraction of sp³-hybridized carbons (Fsp3) is 0.182. The van der Waals surface area contributed by atoms with Crippen LogP contribution in [-0.2, 0) is 18.3 Å². The second-order valence-corrected chi connectivity index (χ2v) is 4.21. The Balaban J connectivity index is 2.72. The largest absolute Gasteiger partial charge is 0.350 e. The van der Waals surface area contributed by atoms with Gasteiger partial charge in [0, 0.05) is 35.0 Å². The summed E-state index contributed by atoms with van der Waals surface area (Å²) in [5.41, 5.74) is 2.24. The second-order valence-electron chi connectivity index (χ2n) is 3.30. The molecule has 0 saturated heterocycles. The molecule has 0 unspecified atom stereocenters. The highest BCUT2D eigenvalue weighted by Crippen LogP contribution is 2.24. The van der Waals surface area contributed by atoms with E-state index < -0.39 is 0 Å². The third kappa shape index (κ3) is 1.48. The first-order valence-corrected chi connectivity index (χ1v) is 5.19. The van der Waals surface area contributed by atoms with Crippen LogP contribution in [0.2, 0.25) is 0 Å². The van der Waals surface area contributed by atoms with Gasteiger partial charge in [0.2, 0.25) is 0 Å². The molecular formula is C11H10BrNO. The number of aromatic nitrogens is 1. The fourth-order valence-electron chi connectivity index (χ4n) is 1.70. The number of nitrogens with zero attached hydrogens (tertiary/aromatic N) is 1. The molecule has 1 aromatic heterocycles. The highest BCUT2D eigenvalue weighted by molar-refractivity contribution is 9.10. The first kappa shape index (κ1) is 9.46. The van der Waals surface area contributed by atoms with Crippen LogP contribution >= 0.6 is 15.9 Å². The summed E-state index contributed by atoms with van der Waals surface area (Å²) in [4.78, 5) is 10.5. The number of carbonyl (C=O) groups is 1. The summed E-state index contributed by atoms with van der Waals surface area (Å²) >= 11 is 3.43. The van der Waals surface area contributed by atoms with E-state index in [2.05, 4.69) is 15.9 Å². The molecule has 2 aromatic rings. The lowest BCUT2D eigenvalue weighted by Gasteiger charge is -1.96. The van der Waals surface area contributed by atoms with Crippen molar-refractivity contribution in [3.05, 3.63) is 34.4 Å². The molecule has 0 fully saturated rings. The third-order valence-corrected chi connectivity index (χ3v) is 2.83. The Morgan fingerprint density at radius 3 is 3.00 bits per heavy atom. The predicted molar refractivity (Wildman–Crippen MR) is 60.4 cm³/mol. The van der Waals surface area contributed by atoms with Gasteiger partial charge in [-0.1, -0.05) is 15.9 Å². The number of hydrogen-bond acceptors (Lipinski definition) is 1. The van der Waals surface area contributed by atoms with E-state index in [-0.39, 0.29) is 0 Å². The maximum Gasteiger partial charge on any atom is 0.124 e. The molecule has 0 spiro atoms. The molecule has 0 bridgehead atoms. The molecular weight excluding hydrogens is 242 g/mol. The Bertz CT molecular complexity index is 487. The molecule has 0 aliphatic rings. The smallest absolute Gasteiger partial charge is 0.124 e. The standard InChI is InChI=1S/C11H10BrNO/c1-13-7-8(4-5-14)10-6-9(12)2-3-11(10)13/h2-3,5-7H,4H2,1H3. The maximum atomic E-state index is 10.5. The van der Waals surface area contributed by atoms with E-state index in [0.29, 0.717) is 6.42 Å². The van der Waals surface area contributed by atoms with Crippen molar-refractivity contribution >= 4 is 33.1 Å². The molecule has 1 heterocycles. The van der Waals surface area contributed by atoms with Gasteiger partial charge in [0.05, 0.1) is 0 Å². The lowest BCUT2D eigenvalue weighted by Crippen LogP contribution is -1.83. The molecule has 0 N–H and O–H groups in total. The zero-order valence-electron chi connectivity index (χ0n) is 7.83. The predicted octanol–water partition coefficient (Wildman–Crippen LogP) is 2.68. The zero-order valence-corrected chi connectivity index (χ0v) is 9.41. The summed E-state index contributed by atoms with van der Waals surface area (Å²) in [7, 11) is 1.99. The quantitative estimate of drug-likeness (QED) is 0.753. The zero-order chi connectivity index (χ0) is 10.1. The molecule has 14 heavy (non-hydrogen) atoms. The number of aldehydes is 1. The van der Waals surface area contributed by atoms with Gasteiger partial charge in [-0.15, -0.1) is 0 Å². The number of carbonyl (C=O) groups excluding carboxylic acids is 1. The lowest BCUT2D eigenvalue weighted by molar-refractivity contribution is -0.107. The van der Waals surface area contributed by atoms with Gasteiger partial charge in [-0.3, -0.25) is 0 Å². The van der Waals surface area contributed by atoms with Crippen LogP contribution in [0.15, 0.2) is 28.9 Å². The maximum absolute atomic E-state index is 10.5. The Morgan fingerprint density at radius 1 is 1.50 bits per heavy atom. The summed E-state index contributed by atoms with van der Waals surface area (Å²) in [6.45, 7) is 0. The number of aryl methyl sites for hydroxylation is 1. The van der Waals surface area contributed by atoms with E-state index in [4.69, 9.17) is 0 Å². The molecule has 72 valence electrons. The van der Waals surface area contributed by atoms with E-state index in [1.807, 2.05) is 36.0 Å². The summed E-state index contributed by atoms with van der Waals surface area (Å²) < 4.78 is 3.09. The Labute approximate surface area is 90.7 Å². The van der Waals surface area contributed by atoms with E-state index in [1.165, 1.54) is 0 Å². The lowest BCUT2D eigenvalue weighted by atomic mass is 10.1. The van der Waals surface area contributed by atoms with E-state index in [0.717, 1.165) is 27.2 Å². The van der Waals surface area contributed by atoms with Crippen molar-refractivity contribution < 1.29 is 4.79 Å². The van der Waals surface area contributed by atoms with Crippen molar-refractivity contribution in [2.45, 2.75) is 6.42 Å². The van der Waals surface area contributed by atoms with Gasteiger partial charge in [-0.25, -0.2) is 0 Å². The number of halogens is 1. The minimum absolute atomic E-state index is 0.480. The van der Waals surface area contributed by atoms with Crippen molar-refractivity contribution in [1.29, 1.82) is 0 Å². The monoisotopic (exact) mass is 251 g/mol. The van der Waals surface area contributed by atoms with Crippen LogP contribution in [0.5, 0.6) is 0 Å². The molecule has 0 atom stereocenters. The van der Waals surface area contributed by atoms with Crippen LogP contribution in [-0.4, -0.2) is 10.9 Å². The molecule has 0 aliphatic carbocycles. The van der Waals surface area contributed by atoms with Crippen LogP contribution in [0.3, 0.4) is 0 Å². The minimum Gasteiger partial charge on any atom is -0.350 e. The van der Waals surface area contributed by atoms with Gasteiger partial charge in [-0.05, 0) is 23.8 Å². The molecule has 3 heteroatoms. The third-order valence-electron chi connectivity index (χ3n) is 2.34. The Morgan fingerprint density at radius 2 is 2.29 bits per heavy atom. The summed E-state index contributed by atoms with van der Waals surface area (Å²) in [5.74, 6) is 0. The highest BCUT2D eigenvalue weighted by atomic mass is 79.9.